The zero-order chi connectivity index (χ0) is 12.5. The Bertz CT molecular complexity index is 423. The van der Waals surface area contributed by atoms with Crippen LogP contribution in [0.2, 0.25) is 0 Å². The third kappa shape index (κ3) is 2.39. The highest BCUT2D eigenvalue weighted by Crippen LogP contribution is 2.37. The van der Waals surface area contributed by atoms with Crippen molar-refractivity contribution in [2.45, 2.75) is 38.6 Å². The summed E-state index contributed by atoms with van der Waals surface area (Å²) >= 11 is 0. The van der Waals surface area contributed by atoms with Crippen LogP contribution >= 0.6 is 0 Å². The second-order valence-electron chi connectivity index (χ2n) is 5.96. The molecular weight excluding hydrogens is 220 g/mol. The van der Waals surface area contributed by atoms with Crippen molar-refractivity contribution in [3.8, 4) is 0 Å². The van der Waals surface area contributed by atoms with E-state index in [9.17, 15) is 0 Å². The minimum absolute atomic E-state index is 0.555. The number of benzene rings is 1. The molecule has 0 amide bonds. The number of nitrogens with one attached hydrogen (secondary N) is 1. The van der Waals surface area contributed by atoms with E-state index in [4.69, 9.17) is 0 Å². The van der Waals surface area contributed by atoms with Crippen molar-refractivity contribution in [2.24, 2.45) is 5.92 Å². The lowest BCUT2D eigenvalue weighted by atomic mass is 10.0. The van der Waals surface area contributed by atoms with Crippen molar-refractivity contribution in [2.75, 3.05) is 25.0 Å². The third-order valence-electron chi connectivity index (χ3n) is 4.36. The average molecular weight is 244 g/mol. The van der Waals surface area contributed by atoms with Crippen LogP contribution in [0.15, 0.2) is 18.2 Å². The summed E-state index contributed by atoms with van der Waals surface area (Å²) in [6.07, 6.45) is 5.27. The Morgan fingerprint density at radius 3 is 2.94 bits per heavy atom. The average Bonchev–Trinajstić information content (AvgIpc) is 3.09. The Kier molecular flexibility index (Phi) is 3.29. The smallest absolute Gasteiger partial charge is 0.0432 e. The van der Waals surface area contributed by atoms with Crippen molar-refractivity contribution >= 4 is 5.69 Å². The highest BCUT2D eigenvalue weighted by Gasteiger charge is 2.29. The molecule has 1 unspecified atom stereocenters. The summed E-state index contributed by atoms with van der Waals surface area (Å²) in [5, 5.41) is 3.35. The topological polar surface area (TPSA) is 15.3 Å². The van der Waals surface area contributed by atoms with E-state index >= 15 is 0 Å². The molecule has 0 aromatic heterocycles. The summed E-state index contributed by atoms with van der Waals surface area (Å²) < 4.78 is 0. The van der Waals surface area contributed by atoms with E-state index in [1.54, 1.807) is 11.3 Å². The summed E-state index contributed by atoms with van der Waals surface area (Å²) in [5.74, 6) is 0.978. The largest absolute Gasteiger partial charge is 0.370 e. The zero-order valence-electron chi connectivity index (χ0n) is 11.6. The second kappa shape index (κ2) is 4.93. The first-order valence-electron chi connectivity index (χ1n) is 7.31. The van der Waals surface area contributed by atoms with Gasteiger partial charge < -0.3 is 10.2 Å². The van der Waals surface area contributed by atoms with Gasteiger partial charge in [-0.2, -0.15) is 0 Å². The molecule has 0 radical (unpaired) electrons. The van der Waals surface area contributed by atoms with Crippen LogP contribution in [0, 0.1) is 5.92 Å². The van der Waals surface area contributed by atoms with Crippen molar-refractivity contribution < 1.29 is 0 Å². The van der Waals surface area contributed by atoms with Gasteiger partial charge in [0.05, 0.1) is 0 Å². The summed E-state index contributed by atoms with van der Waals surface area (Å²) in [4.78, 5) is 2.64. The van der Waals surface area contributed by atoms with Crippen LogP contribution in [0.25, 0.3) is 0 Å². The number of hydrogen-bond acceptors (Lipinski definition) is 2. The van der Waals surface area contributed by atoms with Gasteiger partial charge in [0.1, 0.15) is 0 Å². The summed E-state index contributed by atoms with van der Waals surface area (Å²) in [5.41, 5.74) is 4.66. The zero-order valence-corrected chi connectivity index (χ0v) is 11.6. The number of hydrogen-bond donors (Lipinski definition) is 1. The van der Waals surface area contributed by atoms with Crippen LogP contribution in [0.3, 0.4) is 0 Å². The molecule has 2 heteroatoms. The molecule has 1 N–H and O–H groups in total. The Labute approximate surface area is 110 Å². The fourth-order valence-electron chi connectivity index (χ4n) is 3.01. The van der Waals surface area contributed by atoms with Gasteiger partial charge in [-0.05, 0) is 56.7 Å². The Hall–Kier alpha value is -1.02. The number of nitrogens with zero attached hydrogens (tertiary/aromatic N) is 1. The molecule has 0 bridgehead atoms. The Balaban J connectivity index is 1.83. The van der Waals surface area contributed by atoms with Crippen LogP contribution in [-0.4, -0.2) is 26.2 Å². The van der Waals surface area contributed by atoms with E-state index in [0.29, 0.717) is 6.04 Å². The molecule has 1 fully saturated rings. The molecule has 1 aliphatic heterocycles. The van der Waals surface area contributed by atoms with E-state index in [2.05, 4.69) is 42.4 Å². The summed E-state index contributed by atoms with van der Waals surface area (Å²) in [6, 6.07) is 7.42. The van der Waals surface area contributed by atoms with Gasteiger partial charge in [-0.1, -0.05) is 18.2 Å². The van der Waals surface area contributed by atoms with E-state index < -0.39 is 0 Å². The maximum atomic E-state index is 3.35. The Morgan fingerprint density at radius 2 is 2.22 bits per heavy atom. The van der Waals surface area contributed by atoms with Crippen molar-refractivity contribution in [3.05, 3.63) is 29.3 Å². The predicted molar refractivity (Wildman–Crippen MR) is 77.3 cm³/mol. The summed E-state index contributed by atoms with van der Waals surface area (Å²) in [6.45, 7) is 4.79. The fraction of sp³-hybridized carbons (Fsp3) is 0.625. The lowest BCUT2D eigenvalue weighted by Gasteiger charge is -2.23. The lowest BCUT2D eigenvalue weighted by molar-refractivity contribution is 0.607. The molecule has 1 heterocycles. The van der Waals surface area contributed by atoms with E-state index in [1.165, 1.54) is 37.9 Å². The monoisotopic (exact) mass is 244 g/mol. The number of para-hydroxylation sites is 1. The number of likely N-dealkylation sites (N-methyl/N-ethyl adjacent to an activating group) is 1. The highest BCUT2D eigenvalue weighted by atomic mass is 15.2. The quantitative estimate of drug-likeness (QED) is 0.856. The molecule has 0 spiro atoms. The molecule has 1 atom stereocenters. The minimum atomic E-state index is 0.555. The van der Waals surface area contributed by atoms with Gasteiger partial charge in [0.2, 0.25) is 0 Å². The van der Waals surface area contributed by atoms with Crippen molar-refractivity contribution in [1.82, 2.24) is 5.32 Å². The minimum Gasteiger partial charge on any atom is -0.370 e. The van der Waals surface area contributed by atoms with Gasteiger partial charge in [-0.3, -0.25) is 0 Å². The van der Waals surface area contributed by atoms with Crippen LogP contribution in [-0.2, 0) is 12.8 Å². The Morgan fingerprint density at radius 1 is 1.39 bits per heavy atom. The standard InChI is InChI=1S/C16H24N2/c1-12(17-2)10-15-5-3-4-14-8-9-18(16(14)15)11-13-6-7-13/h3-5,12-13,17H,6-11H2,1-2H3. The first kappa shape index (κ1) is 12.0. The van der Waals surface area contributed by atoms with Crippen LogP contribution in [0.5, 0.6) is 0 Å². The molecular formula is C16H24N2. The van der Waals surface area contributed by atoms with Gasteiger partial charge in [-0.15, -0.1) is 0 Å². The number of rotatable bonds is 5. The molecule has 98 valence electrons. The van der Waals surface area contributed by atoms with Gasteiger partial charge in [-0.25, -0.2) is 0 Å². The lowest BCUT2D eigenvalue weighted by Crippen LogP contribution is -2.27. The molecule has 3 rings (SSSR count). The third-order valence-corrected chi connectivity index (χ3v) is 4.36. The molecule has 0 saturated heterocycles. The molecule has 1 aromatic rings. The molecule has 2 aliphatic rings. The van der Waals surface area contributed by atoms with Crippen molar-refractivity contribution in [1.29, 1.82) is 0 Å². The first-order chi connectivity index (χ1) is 8.78. The van der Waals surface area contributed by atoms with E-state index in [0.717, 1.165) is 12.3 Å². The molecule has 1 aliphatic carbocycles. The maximum Gasteiger partial charge on any atom is 0.0432 e. The van der Waals surface area contributed by atoms with Gasteiger partial charge >= 0.3 is 0 Å². The first-order valence-corrected chi connectivity index (χ1v) is 7.31. The van der Waals surface area contributed by atoms with Crippen LogP contribution in [0.1, 0.15) is 30.9 Å². The van der Waals surface area contributed by atoms with Gasteiger partial charge in [0.25, 0.3) is 0 Å². The van der Waals surface area contributed by atoms with Crippen LogP contribution < -0.4 is 10.2 Å². The molecule has 1 aromatic carbocycles. The SMILES string of the molecule is CNC(C)Cc1cccc2c1N(CC1CC1)CC2. The second-order valence-corrected chi connectivity index (χ2v) is 5.96. The normalized spacial score (nSPS) is 20.0. The molecule has 18 heavy (non-hydrogen) atoms. The van der Waals surface area contributed by atoms with Gasteiger partial charge in [0.15, 0.2) is 0 Å². The van der Waals surface area contributed by atoms with Crippen LogP contribution in [0.4, 0.5) is 5.69 Å². The molecule has 2 nitrogen and oxygen atoms in total. The predicted octanol–water partition coefficient (Wildman–Crippen LogP) is 2.61. The highest BCUT2D eigenvalue weighted by molar-refractivity contribution is 5.63. The maximum absolute atomic E-state index is 3.35. The number of anilines is 1. The fourth-order valence-corrected chi connectivity index (χ4v) is 3.01. The van der Waals surface area contributed by atoms with Crippen molar-refractivity contribution in [3.63, 3.8) is 0 Å². The van der Waals surface area contributed by atoms with Gasteiger partial charge in [0, 0.05) is 24.8 Å². The molecule has 1 saturated carbocycles. The number of fused-ring (bicyclic) bond motifs is 1. The summed E-state index contributed by atoms with van der Waals surface area (Å²) in [7, 11) is 2.05. The van der Waals surface area contributed by atoms with E-state index in [-0.39, 0.29) is 0 Å². The van der Waals surface area contributed by atoms with E-state index in [1.807, 2.05) is 0 Å².